The predicted molar refractivity (Wildman–Crippen MR) is 85.7 cm³/mol. The maximum atomic E-state index is 6.26. The lowest BCUT2D eigenvalue weighted by Gasteiger charge is -2.10. The van der Waals surface area contributed by atoms with Crippen LogP contribution in [-0.2, 0) is 6.54 Å². The summed E-state index contributed by atoms with van der Waals surface area (Å²) >= 11 is 7.46. The third kappa shape index (κ3) is 2.49. The first kappa shape index (κ1) is 13.3. The van der Waals surface area contributed by atoms with Gasteiger partial charge >= 0.3 is 0 Å². The summed E-state index contributed by atoms with van der Waals surface area (Å²) in [7, 11) is 0. The van der Waals surface area contributed by atoms with Crippen molar-refractivity contribution in [1.82, 2.24) is 8.75 Å². The number of nitrogens with zero attached hydrogens (tertiary/aromatic N) is 2. The molecule has 1 heterocycles. The lowest BCUT2D eigenvalue weighted by molar-refractivity contribution is 1.13. The van der Waals surface area contributed by atoms with Gasteiger partial charge in [-0.15, -0.1) is 0 Å². The molecule has 1 N–H and O–H groups in total. The van der Waals surface area contributed by atoms with Crippen molar-refractivity contribution in [2.45, 2.75) is 20.4 Å². The van der Waals surface area contributed by atoms with Gasteiger partial charge in [-0.3, -0.25) is 0 Å². The van der Waals surface area contributed by atoms with Gasteiger partial charge in [0.1, 0.15) is 11.0 Å². The lowest BCUT2D eigenvalue weighted by Crippen LogP contribution is -2.01. The van der Waals surface area contributed by atoms with E-state index in [1.165, 1.54) is 28.4 Å². The molecule has 0 amide bonds. The zero-order chi connectivity index (χ0) is 14.1. The average molecular weight is 304 g/mol. The summed E-state index contributed by atoms with van der Waals surface area (Å²) in [4.78, 5) is 0. The van der Waals surface area contributed by atoms with Crippen molar-refractivity contribution in [1.29, 1.82) is 0 Å². The molecule has 0 fully saturated rings. The van der Waals surface area contributed by atoms with E-state index < -0.39 is 0 Å². The number of nitrogens with one attached hydrogen (secondary N) is 1. The maximum absolute atomic E-state index is 6.26. The van der Waals surface area contributed by atoms with E-state index in [0.717, 1.165) is 23.3 Å². The molecule has 3 aromatic rings. The van der Waals surface area contributed by atoms with Crippen LogP contribution >= 0.6 is 23.3 Å². The number of fused-ring (bicyclic) bond motifs is 1. The Morgan fingerprint density at radius 3 is 2.75 bits per heavy atom. The topological polar surface area (TPSA) is 37.8 Å². The molecule has 0 unspecified atom stereocenters. The van der Waals surface area contributed by atoms with E-state index in [1.807, 2.05) is 12.1 Å². The molecule has 0 bridgehead atoms. The highest BCUT2D eigenvalue weighted by atomic mass is 35.5. The summed E-state index contributed by atoms with van der Waals surface area (Å²) in [6.45, 7) is 4.96. The van der Waals surface area contributed by atoms with E-state index in [0.29, 0.717) is 5.02 Å². The predicted octanol–water partition coefficient (Wildman–Crippen LogP) is 4.57. The van der Waals surface area contributed by atoms with E-state index in [-0.39, 0.29) is 0 Å². The minimum absolute atomic E-state index is 0.675. The van der Waals surface area contributed by atoms with Crippen molar-refractivity contribution >= 4 is 40.0 Å². The van der Waals surface area contributed by atoms with Gasteiger partial charge in [0.2, 0.25) is 0 Å². The number of hydrogen-bond acceptors (Lipinski definition) is 4. The molecule has 1 aromatic heterocycles. The van der Waals surface area contributed by atoms with Gasteiger partial charge in [0.15, 0.2) is 0 Å². The van der Waals surface area contributed by atoms with Crippen molar-refractivity contribution in [3.63, 3.8) is 0 Å². The summed E-state index contributed by atoms with van der Waals surface area (Å²) in [5, 5.41) is 4.05. The van der Waals surface area contributed by atoms with Gasteiger partial charge in [0, 0.05) is 6.54 Å². The van der Waals surface area contributed by atoms with Crippen LogP contribution in [0.1, 0.15) is 16.7 Å². The molecule has 5 heteroatoms. The number of anilines is 1. The fourth-order valence-corrected chi connectivity index (χ4v) is 2.86. The van der Waals surface area contributed by atoms with Gasteiger partial charge < -0.3 is 5.32 Å². The lowest BCUT2D eigenvalue weighted by atomic mass is 10.1. The van der Waals surface area contributed by atoms with Crippen LogP contribution in [0.25, 0.3) is 11.0 Å². The molecule has 0 atom stereocenters. The first-order chi connectivity index (χ1) is 9.65. The maximum Gasteiger partial charge on any atom is 0.129 e. The SMILES string of the molecule is Cc1ccc(CNc2c(Cl)ccc3nsnc23)cc1C. The Kier molecular flexibility index (Phi) is 3.59. The minimum Gasteiger partial charge on any atom is -0.378 e. The smallest absolute Gasteiger partial charge is 0.129 e. The Hall–Kier alpha value is -1.65. The minimum atomic E-state index is 0.675. The van der Waals surface area contributed by atoms with Crippen molar-refractivity contribution in [2.75, 3.05) is 5.32 Å². The van der Waals surface area contributed by atoms with Crippen molar-refractivity contribution < 1.29 is 0 Å². The van der Waals surface area contributed by atoms with Gasteiger partial charge in [-0.2, -0.15) is 8.75 Å². The van der Waals surface area contributed by atoms with Crippen molar-refractivity contribution in [3.05, 3.63) is 52.0 Å². The molecule has 0 aliphatic heterocycles. The second-order valence-electron chi connectivity index (χ2n) is 4.83. The molecule has 2 aromatic carbocycles. The first-order valence-electron chi connectivity index (χ1n) is 6.36. The number of halogens is 1. The summed E-state index contributed by atoms with van der Waals surface area (Å²) < 4.78 is 8.54. The Bertz CT molecular complexity index is 767. The van der Waals surface area contributed by atoms with Gasteiger partial charge in [0.05, 0.1) is 22.4 Å². The monoisotopic (exact) mass is 303 g/mol. The van der Waals surface area contributed by atoms with Crippen LogP contribution in [0.4, 0.5) is 5.69 Å². The molecule has 0 spiro atoms. The van der Waals surface area contributed by atoms with E-state index in [2.05, 4.69) is 46.1 Å². The molecule has 102 valence electrons. The molecule has 0 aliphatic carbocycles. The zero-order valence-corrected chi connectivity index (χ0v) is 12.8. The summed E-state index contributed by atoms with van der Waals surface area (Å²) in [5.74, 6) is 0. The molecular formula is C15H14ClN3S. The van der Waals surface area contributed by atoms with Crippen molar-refractivity contribution in [3.8, 4) is 0 Å². The Morgan fingerprint density at radius 2 is 1.95 bits per heavy atom. The highest BCUT2D eigenvalue weighted by Gasteiger charge is 2.09. The number of aromatic nitrogens is 2. The van der Waals surface area contributed by atoms with Crippen LogP contribution in [-0.4, -0.2) is 8.75 Å². The number of aryl methyl sites for hydroxylation is 2. The number of rotatable bonds is 3. The van der Waals surface area contributed by atoms with E-state index in [1.54, 1.807) is 0 Å². The number of benzene rings is 2. The first-order valence-corrected chi connectivity index (χ1v) is 7.47. The molecular weight excluding hydrogens is 290 g/mol. The van der Waals surface area contributed by atoms with Crippen LogP contribution < -0.4 is 5.32 Å². The molecule has 3 nitrogen and oxygen atoms in total. The summed E-state index contributed by atoms with van der Waals surface area (Å²) in [6, 6.07) is 10.2. The zero-order valence-electron chi connectivity index (χ0n) is 11.3. The van der Waals surface area contributed by atoms with Gasteiger partial charge in [-0.05, 0) is 42.7 Å². The van der Waals surface area contributed by atoms with Gasteiger partial charge in [-0.1, -0.05) is 29.8 Å². The van der Waals surface area contributed by atoms with Crippen LogP contribution in [0.2, 0.25) is 5.02 Å². The quantitative estimate of drug-likeness (QED) is 0.770. The van der Waals surface area contributed by atoms with Crippen LogP contribution in [0.15, 0.2) is 30.3 Å². The fraction of sp³-hybridized carbons (Fsp3) is 0.200. The fourth-order valence-electron chi connectivity index (χ4n) is 2.10. The highest BCUT2D eigenvalue weighted by molar-refractivity contribution is 7.00. The summed E-state index contributed by atoms with van der Waals surface area (Å²) in [5.41, 5.74) is 6.40. The molecule has 0 saturated heterocycles. The summed E-state index contributed by atoms with van der Waals surface area (Å²) in [6.07, 6.45) is 0. The Labute approximate surface area is 126 Å². The standard InChI is InChI=1S/C15H14ClN3S/c1-9-3-4-11(7-10(9)2)8-17-14-12(16)5-6-13-15(14)19-20-18-13/h3-7,17H,8H2,1-2H3. The average Bonchev–Trinajstić information content (AvgIpc) is 2.90. The molecule has 3 rings (SSSR count). The Morgan fingerprint density at radius 1 is 1.10 bits per heavy atom. The second kappa shape index (κ2) is 5.38. The molecule has 0 saturated carbocycles. The van der Waals surface area contributed by atoms with E-state index >= 15 is 0 Å². The largest absolute Gasteiger partial charge is 0.378 e. The normalized spacial score (nSPS) is 10.9. The highest BCUT2D eigenvalue weighted by Crippen LogP contribution is 2.30. The molecule has 20 heavy (non-hydrogen) atoms. The van der Waals surface area contributed by atoms with E-state index in [4.69, 9.17) is 11.6 Å². The molecule has 0 radical (unpaired) electrons. The van der Waals surface area contributed by atoms with E-state index in [9.17, 15) is 0 Å². The third-order valence-corrected chi connectivity index (χ3v) is 4.28. The Balaban J connectivity index is 1.88. The number of hydrogen-bond donors (Lipinski definition) is 1. The second-order valence-corrected chi connectivity index (χ2v) is 5.76. The van der Waals surface area contributed by atoms with Gasteiger partial charge in [0.25, 0.3) is 0 Å². The van der Waals surface area contributed by atoms with Crippen LogP contribution in [0.3, 0.4) is 0 Å². The van der Waals surface area contributed by atoms with Crippen LogP contribution in [0.5, 0.6) is 0 Å². The third-order valence-electron chi connectivity index (χ3n) is 3.42. The molecule has 0 aliphatic rings. The van der Waals surface area contributed by atoms with Crippen molar-refractivity contribution in [2.24, 2.45) is 0 Å². The van der Waals surface area contributed by atoms with Crippen LogP contribution in [0, 0.1) is 13.8 Å². The van der Waals surface area contributed by atoms with Gasteiger partial charge in [-0.25, -0.2) is 0 Å².